The molecule has 6 heteroatoms. The zero-order valence-electron chi connectivity index (χ0n) is 7.14. The molecule has 0 rings (SSSR count). The highest BCUT2D eigenvalue weighted by Crippen LogP contribution is 2.31. The summed E-state index contributed by atoms with van der Waals surface area (Å²) in [4.78, 5) is 11.1. The normalized spacial score (nSPS) is 14.5. The van der Waals surface area contributed by atoms with Crippen molar-refractivity contribution in [1.82, 2.24) is 0 Å². The van der Waals surface area contributed by atoms with Crippen LogP contribution < -0.4 is 5.73 Å². The predicted octanol–water partition coefficient (Wildman–Crippen LogP) is 1.54. The Morgan fingerprint density at radius 2 is 1.77 bits per heavy atom. The zero-order chi connectivity index (χ0) is 10.9. The molecule has 0 saturated carbocycles. The minimum atomic E-state index is -1.82. The lowest BCUT2D eigenvalue weighted by Crippen LogP contribution is -2.31. The van der Waals surface area contributed by atoms with Crippen LogP contribution in [0.5, 0.6) is 0 Å². The summed E-state index contributed by atoms with van der Waals surface area (Å²) in [7, 11) is 0. The summed E-state index contributed by atoms with van der Waals surface area (Å²) in [6.45, 7) is 2.63. The molecule has 0 heterocycles. The highest BCUT2D eigenvalue weighted by Gasteiger charge is 2.28. The topological polar surface area (TPSA) is 63.3 Å². The third-order valence-corrected chi connectivity index (χ3v) is 1.87. The summed E-state index contributed by atoms with van der Waals surface area (Å²) >= 11 is 16.1. The molecule has 0 atom stereocenters. The molecule has 0 aliphatic carbocycles. The average molecular weight is 247 g/mol. The minimum absolute atomic E-state index is 0.218. The van der Waals surface area contributed by atoms with Gasteiger partial charge in [0.1, 0.15) is 5.60 Å². The fourth-order valence-corrected chi connectivity index (χ4v) is 0.563. The van der Waals surface area contributed by atoms with E-state index in [1.807, 2.05) is 0 Å². The molecule has 76 valence electrons. The van der Waals surface area contributed by atoms with E-state index in [4.69, 9.17) is 40.5 Å². The molecule has 0 bridgehead atoms. The van der Waals surface area contributed by atoms with Crippen molar-refractivity contribution in [2.24, 2.45) is 5.73 Å². The van der Waals surface area contributed by atoms with Crippen molar-refractivity contribution in [3.05, 3.63) is 11.8 Å². The third-order valence-electron chi connectivity index (χ3n) is 1.22. The second kappa shape index (κ2) is 4.05. The van der Waals surface area contributed by atoms with Crippen molar-refractivity contribution < 1.29 is 9.90 Å². The minimum Gasteiger partial charge on any atom is -0.398 e. The van der Waals surface area contributed by atoms with E-state index in [2.05, 4.69) is 0 Å². The molecule has 0 saturated heterocycles. The molecule has 0 aromatic heterocycles. The number of ketones is 1. The lowest BCUT2D eigenvalue weighted by Gasteiger charge is -2.15. The van der Waals surface area contributed by atoms with Crippen LogP contribution in [0.25, 0.3) is 0 Å². The lowest BCUT2D eigenvalue weighted by atomic mass is 10.0. The van der Waals surface area contributed by atoms with Crippen molar-refractivity contribution in [2.75, 3.05) is 0 Å². The number of carbonyl (C=O) groups is 1. The van der Waals surface area contributed by atoms with Gasteiger partial charge in [0.05, 0.1) is 5.70 Å². The molecule has 3 nitrogen and oxygen atoms in total. The summed E-state index contributed by atoms with van der Waals surface area (Å²) in [6.07, 6.45) is 0.910. The van der Waals surface area contributed by atoms with E-state index in [1.54, 1.807) is 0 Å². The molecule has 0 spiro atoms. The third kappa shape index (κ3) is 4.72. The molecule has 0 unspecified atom stereocenters. The van der Waals surface area contributed by atoms with Gasteiger partial charge < -0.3 is 10.8 Å². The van der Waals surface area contributed by atoms with Crippen LogP contribution in [0.2, 0.25) is 0 Å². The van der Waals surface area contributed by atoms with Gasteiger partial charge in [-0.2, -0.15) is 0 Å². The van der Waals surface area contributed by atoms with Gasteiger partial charge >= 0.3 is 0 Å². The summed E-state index contributed by atoms with van der Waals surface area (Å²) in [5, 5.41) is 9.22. The molecule has 0 aromatic rings. The van der Waals surface area contributed by atoms with Crippen molar-refractivity contribution in [3.63, 3.8) is 0 Å². The van der Waals surface area contributed by atoms with Gasteiger partial charge in [0.25, 0.3) is 0 Å². The van der Waals surface area contributed by atoms with Gasteiger partial charge in [-0.3, -0.25) is 4.79 Å². The van der Waals surface area contributed by atoms with Crippen molar-refractivity contribution in [2.45, 2.75) is 23.2 Å². The average Bonchev–Trinajstić information content (AvgIpc) is 1.82. The molecule has 0 amide bonds. The van der Waals surface area contributed by atoms with Crippen molar-refractivity contribution in [1.29, 1.82) is 0 Å². The van der Waals surface area contributed by atoms with E-state index in [1.165, 1.54) is 13.8 Å². The second-order valence-electron chi connectivity index (χ2n) is 3.02. The maximum absolute atomic E-state index is 11.1. The number of alkyl halides is 3. The van der Waals surface area contributed by atoms with Gasteiger partial charge in [0.2, 0.25) is 3.79 Å². The number of allylic oxidation sites excluding steroid dienone is 1. The molecule has 3 N–H and O–H groups in total. The summed E-state index contributed by atoms with van der Waals surface area (Å²) in [5.41, 5.74) is 3.55. The Bertz CT molecular complexity index is 237. The molecule has 13 heavy (non-hydrogen) atoms. The molecular formula is C7H10Cl3NO2. The number of hydrogen-bond acceptors (Lipinski definition) is 3. The molecule has 0 radical (unpaired) electrons. The first kappa shape index (κ1) is 13.0. The Morgan fingerprint density at radius 3 is 2.00 bits per heavy atom. The first-order valence-corrected chi connectivity index (χ1v) is 4.49. The largest absolute Gasteiger partial charge is 0.398 e. The lowest BCUT2D eigenvalue weighted by molar-refractivity contribution is -0.128. The van der Waals surface area contributed by atoms with Gasteiger partial charge in [0, 0.05) is 6.08 Å². The van der Waals surface area contributed by atoms with E-state index >= 15 is 0 Å². The first-order chi connectivity index (χ1) is 5.55. The Kier molecular flexibility index (Phi) is 4.06. The number of hydrogen-bond donors (Lipinski definition) is 2. The van der Waals surface area contributed by atoms with Crippen molar-refractivity contribution >= 4 is 40.6 Å². The van der Waals surface area contributed by atoms with E-state index in [0.717, 1.165) is 6.08 Å². The first-order valence-electron chi connectivity index (χ1n) is 3.36. The standard InChI is InChI=1S/C7H10Cl3NO2/c1-6(2,13)5(12)3-4(11)7(8,9)10/h3,13H,11H2,1-2H3/b4-3+. The van der Waals surface area contributed by atoms with Gasteiger partial charge in [0.15, 0.2) is 5.78 Å². The van der Waals surface area contributed by atoms with Gasteiger partial charge in [-0.15, -0.1) is 0 Å². The number of aliphatic hydroxyl groups is 1. The monoisotopic (exact) mass is 245 g/mol. The fraction of sp³-hybridized carbons (Fsp3) is 0.571. The fourth-order valence-electron chi connectivity index (χ4n) is 0.400. The Morgan fingerprint density at radius 1 is 1.38 bits per heavy atom. The van der Waals surface area contributed by atoms with Gasteiger partial charge in [-0.25, -0.2) is 0 Å². The number of halogens is 3. The highest BCUT2D eigenvalue weighted by atomic mass is 35.6. The molecule has 0 aliphatic rings. The SMILES string of the molecule is CC(C)(O)C(=O)/C=C(/N)C(Cl)(Cl)Cl. The summed E-state index contributed by atoms with van der Waals surface area (Å²) in [5.74, 6) is -0.615. The van der Waals surface area contributed by atoms with Gasteiger partial charge in [-0.1, -0.05) is 34.8 Å². The highest BCUT2D eigenvalue weighted by molar-refractivity contribution is 6.69. The van der Waals surface area contributed by atoms with E-state index in [0.29, 0.717) is 0 Å². The number of nitrogens with two attached hydrogens (primary N) is 1. The maximum Gasteiger partial charge on any atom is 0.230 e. The Labute approximate surface area is 91.4 Å². The van der Waals surface area contributed by atoms with E-state index in [9.17, 15) is 9.90 Å². The van der Waals surface area contributed by atoms with Crippen LogP contribution in [0.4, 0.5) is 0 Å². The molecule has 0 aliphatic heterocycles. The van der Waals surface area contributed by atoms with E-state index in [-0.39, 0.29) is 5.70 Å². The maximum atomic E-state index is 11.1. The van der Waals surface area contributed by atoms with Crippen LogP contribution in [0.15, 0.2) is 11.8 Å². The van der Waals surface area contributed by atoms with Crippen LogP contribution in [-0.2, 0) is 4.79 Å². The molecule has 0 fully saturated rings. The zero-order valence-corrected chi connectivity index (χ0v) is 9.41. The molecular weight excluding hydrogens is 236 g/mol. The Balaban J connectivity index is 4.70. The van der Waals surface area contributed by atoms with Crippen LogP contribution in [0.1, 0.15) is 13.8 Å². The van der Waals surface area contributed by atoms with Crippen molar-refractivity contribution in [3.8, 4) is 0 Å². The number of carbonyl (C=O) groups excluding carboxylic acids is 1. The Hall–Kier alpha value is 0.0400. The quantitative estimate of drug-likeness (QED) is 0.574. The van der Waals surface area contributed by atoms with Crippen LogP contribution in [0, 0.1) is 0 Å². The predicted molar refractivity (Wildman–Crippen MR) is 53.9 cm³/mol. The van der Waals surface area contributed by atoms with Crippen LogP contribution in [0.3, 0.4) is 0 Å². The smallest absolute Gasteiger partial charge is 0.230 e. The summed E-state index contributed by atoms with van der Waals surface area (Å²) < 4.78 is -1.82. The van der Waals surface area contributed by atoms with Crippen LogP contribution in [-0.4, -0.2) is 20.3 Å². The summed E-state index contributed by atoms with van der Waals surface area (Å²) in [6, 6.07) is 0. The van der Waals surface area contributed by atoms with Gasteiger partial charge in [-0.05, 0) is 13.8 Å². The van der Waals surface area contributed by atoms with Crippen LogP contribution >= 0.6 is 34.8 Å². The van der Waals surface area contributed by atoms with E-state index < -0.39 is 15.2 Å². The second-order valence-corrected chi connectivity index (χ2v) is 5.30. The number of rotatable bonds is 2. The molecule has 0 aromatic carbocycles.